The molecule has 1 atom stereocenters. The number of aromatic nitrogens is 1. The second-order valence-corrected chi connectivity index (χ2v) is 6.23. The molecule has 0 amide bonds. The highest BCUT2D eigenvalue weighted by molar-refractivity contribution is 7.09. The van der Waals surface area contributed by atoms with Gasteiger partial charge >= 0.3 is 0 Å². The van der Waals surface area contributed by atoms with Crippen molar-refractivity contribution in [3.63, 3.8) is 0 Å². The molecular formula is C15H26N2O2S. The first-order valence-corrected chi connectivity index (χ1v) is 8.52. The molecule has 114 valence electrons. The molecule has 1 N–H and O–H groups in total. The van der Waals surface area contributed by atoms with Crippen molar-refractivity contribution < 1.29 is 9.47 Å². The van der Waals surface area contributed by atoms with Gasteiger partial charge in [-0.2, -0.15) is 0 Å². The summed E-state index contributed by atoms with van der Waals surface area (Å²) in [5.41, 5.74) is -0.103. The van der Waals surface area contributed by atoms with E-state index >= 15 is 0 Å². The van der Waals surface area contributed by atoms with E-state index in [1.54, 1.807) is 11.3 Å². The van der Waals surface area contributed by atoms with Crippen molar-refractivity contribution in [3.8, 4) is 0 Å². The third-order valence-corrected chi connectivity index (χ3v) is 4.71. The van der Waals surface area contributed by atoms with Crippen LogP contribution in [0.25, 0.3) is 0 Å². The van der Waals surface area contributed by atoms with E-state index in [-0.39, 0.29) is 5.60 Å². The van der Waals surface area contributed by atoms with E-state index in [1.165, 1.54) is 5.01 Å². The summed E-state index contributed by atoms with van der Waals surface area (Å²) in [6.45, 7) is 7.64. The summed E-state index contributed by atoms with van der Waals surface area (Å²) in [6.07, 6.45) is 5.89. The first-order chi connectivity index (χ1) is 9.80. The second kappa shape index (κ2) is 8.08. The van der Waals surface area contributed by atoms with Crippen molar-refractivity contribution in [3.05, 3.63) is 16.6 Å². The van der Waals surface area contributed by atoms with E-state index in [9.17, 15) is 0 Å². The molecular weight excluding hydrogens is 272 g/mol. The van der Waals surface area contributed by atoms with Gasteiger partial charge in [0.25, 0.3) is 0 Å². The zero-order valence-electron chi connectivity index (χ0n) is 12.6. The maximum atomic E-state index is 6.21. The lowest BCUT2D eigenvalue weighted by Gasteiger charge is -2.43. The van der Waals surface area contributed by atoms with E-state index in [4.69, 9.17) is 9.47 Å². The topological polar surface area (TPSA) is 43.4 Å². The smallest absolute Gasteiger partial charge is 0.0941 e. The van der Waals surface area contributed by atoms with Gasteiger partial charge in [0.15, 0.2) is 0 Å². The van der Waals surface area contributed by atoms with Crippen LogP contribution in [-0.4, -0.2) is 43.0 Å². The van der Waals surface area contributed by atoms with E-state index in [2.05, 4.69) is 24.1 Å². The van der Waals surface area contributed by atoms with Gasteiger partial charge < -0.3 is 14.8 Å². The minimum Gasteiger partial charge on any atom is -0.381 e. The van der Waals surface area contributed by atoms with Crippen molar-refractivity contribution in [2.24, 2.45) is 0 Å². The summed E-state index contributed by atoms with van der Waals surface area (Å²) in [4.78, 5) is 4.44. The average Bonchev–Trinajstić information content (AvgIpc) is 2.97. The number of thiazole rings is 1. The van der Waals surface area contributed by atoms with E-state index in [1.807, 2.05) is 11.6 Å². The Kier molecular flexibility index (Phi) is 6.42. The van der Waals surface area contributed by atoms with Crippen LogP contribution < -0.4 is 5.32 Å². The lowest BCUT2D eigenvalue weighted by atomic mass is 9.84. The van der Waals surface area contributed by atoms with Gasteiger partial charge in [0.2, 0.25) is 0 Å². The van der Waals surface area contributed by atoms with Crippen molar-refractivity contribution in [2.45, 2.75) is 51.2 Å². The second-order valence-electron chi connectivity index (χ2n) is 5.25. The Morgan fingerprint density at radius 2 is 2.25 bits per heavy atom. The highest BCUT2D eigenvalue weighted by Gasteiger charge is 2.41. The maximum absolute atomic E-state index is 6.21. The minimum atomic E-state index is -0.103. The van der Waals surface area contributed by atoms with Crippen molar-refractivity contribution in [1.82, 2.24) is 10.3 Å². The van der Waals surface area contributed by atoms with Crippen LogP contribution in [0.1, 0.15) is 38.1 Å². The lowest BCUT2D eigenvalue weighted by molar-refractivity contribution is -0.126. The Labute approximate surface area is 125 Å². The molecule has 1 saturated heterocycles. The number of hydrogen-bond donors (Lipinski definition) is 1. The molecule has 0 bridgehead atoms. The summed E-state index contributed by atoms with van der Waals surface area (Å²) < 4.78 is 11.8. The Hall–Kier alpha value is -0.490. The molecule has 1 aromatic rings. The van der Waals surface area contributed by atoms with Crippen LogP contribution in [0, 0.1) is 0 Å². The molecule has 0 saturated carbocycles. The Bertz CT molecular complexity index is 358. The predicted octanol–water partition coefficient (Wildman–Crippen LogP) is 2.64. The average molecular weight is 298 g/mol. The van der Waals surface area contributed by atoms with Crippen LogP contribution >= 0.6 is 11.3 Å². The third-order valence-electron chi connectivity index (χ3n) is 3.91. The largest absolute Gasteiger partial charge is 0.381 e. The van der Waals surface area contributed by atoms with Crippen LogP contribution in [0.15, 0.2) is 11.6 Å². The molecule has 2 heterocycles. The molecule has 0 spiro atoms. The molecule has 1 aliphatic heterocycles. The van der Waals surface area contributed by atoms with Gasteiger partial charge in [-0.05, 0) is 19.9 Å². The molecule has 1 aliphatic rings. The molecule has 20 heavy (non-hydrogen) atoms. The number of rotatable bonds is 8. The lowest BCUT2D eigenvalue weighted by Crippen LogP contribution is -2.56. The van der Waals surface area contributed by atoms with Gasteiger partial charge in [-0.3, -0.25) is 0 Å². The molecule has 5 heteroatoms. The number of ether oxygens (including phenoxy) is 2. The molecule has 1 aromatic heterocycles. The van der Waals surface area contributed by atoms with Crippen LogP contribution in [-0.2, 0) is 15.9 Å². The van der Waals surface area contributed by atoms with Gasteiger partial charge in [-0.25, -0.2) is 4.98 Å². The van der Waals surface area contributed by atoms with Gasteiger partial charge in [0.05, 0.1) is 10.6 Å². The highest BCUT2D eigenvalue weighted by atomic mass is 32.1. The third kappa shape index (κ3) is 4.01. The van der Waals surface area contributed by atoms with Gasteiger partial charge in [0.1, 0.15) is 0 Å². The van der Waals surface area contributed by atoms with Crippen molar-refractivity contribution in [1.29, 1.82) is 0 Å². The quantitative estimate of drug-likeness (QED) is 0.801. The summed E-state index contributed by atoms with van der Waals surface area (Å²) >= 11 is 1.73. The van der Waals surface area contributed by atoms with Gasteiger partial charge in [0, 0.05) is 56.7 Å². The fourth-order valence-corrected chi connectivity index (χ4v) is 3.55. The zero-order valence-corrected chi connectivity index (χ0v) is 13.4. The van der Waals surface area contributed by atoms with Crippen LogP contribution in [0.3, 0.4) is 0 Å². The van der Waals surface area contributed by atoms with Crippen LogP contribution in [0.2, 0.25) is 0 Å². The summed E-state index contributed by atoms with van der Waals surface area (Å²) in [5.74, 6) is 0. The highest BCUT2D eigenvalue weighted by Crippen LogP contribution is 2.31. The van der Waals surface area contributed by atoms with E-state index < -0.39 is 0 Å². The number of hydrogen-bond acceptors (Lipinski definition) is 5. The van der Waals surface area contributed by atoms with Crippen molar-refractivity contribution >= 4 is 11.3 Å². The fraction of sp³-hybridized carbons (Fsp3) is 0.800. The molecule has 1 unspecified atom stereocenters. The van der Waals surface area contributed by atoms with Gasteiger partial charge in [-0.1, -0.05) is 6.92 Å². The monoisotopic (exact) mass is 298 g/mol. The van der Waals surface area contributed by atoms with E-state index in [0.717, 1.165) is 52.0 Å². The Morgan fingerprint density at radius 3 is 2.85 bits per heavy atom. The molecule has 0 radical (unpaired) electrons. The number of nitrogens with zero attached hydrogens (tertiary/aromatic N) is 1. The summed E-state index contributed by atoms with van der Waals surface area (Å²) in [5, 5.41) is 6.92. The van der Waals surface area contributed by atoms with Crippen LogP contribution in [0.4, 0.5) is 0 Å². The molecule has 0 aromatic carbocycles. The van der Waals surface area contributed by atoms with Crippen molar-refractivity contribution in [2.75, 3.05) is 26.4 Å². The Morgan fingerprint density at radius 1 is 1.45 bits per heavy atom. The summed E-state index contributed by atoms with van der Waals surface area (Å²) in [7, 11) is 0. The fourth-order valence-electron chi connectivity index (χ4n) is 2.89. The first kappa shape index (κ1) is 15.9. The van der Waals surface area contributed by atoms with E-state index in [0.29, 0.717) is 6.04 Å². The van der Waals surface area contributed by atoms with Crippen LogP contribution in [0.5, 0.6) is 0 Å². The molecule has 1 fully saturated rings. The zero-order chi connectivity index (χ0) is 14.3. The Balaban J connectivity index is 2.12. The molecule has 0 aliphatic carbocycles. The SMILES string of the molecule is CCCNC(Cc1nccs1)C1(OCC)CCOCC1. The minimum absolute atomic E-state index is 0.103. The predicted molar refractivity (Wildman–Crippen MR) is 82.3 cm³/mol. The molecule has 4 nitrogen and oxygen atoms in total. The standard InChI is InChI=1S/C15H26N2O2S/c1-3-7-16-13(12-14-17-8-11-20-14)15(19-4-2)5-9-18-10-6-15/h8,11,13,16H,3-7,9-10,12H2,1-2H3. The molecule has 2 rings (SSSR count). The van der Waals surface area contributed by atoms with Gasteiger partial charge in [-0.15, -0.1) is 11.3 Å². The summed E-state index contributed by atoms with van der Waals surface area (Å²) in [6, 6.07) is 0.317. The first-order valence-electron chi connectivity index (χ1n) is 7.64. The normalized spacial score (nSPS) is 19.9. The maximum Gasteiger partial charge on any atom is 0.0941 e. The number of nitrogens with one attached hydrogen (secondary N) is 1.